The van der Waals surface area contributed by atoms with Crippen LogP contribution in [0.2, 0.25) is 5.28 Å². The van der Waals surface area contributed by atoms with Gasteiger partial charge in [0.05, 0.1) is 18.1 Å². The molecule has 0 aromatic carbocycles. The van der Waals surface area contributed by atoms with Crippen LogP contribution >= 0.6 is 11.6 Å². The molecule has 1 amide bonds. The van der Waals surface area contributed by atoms with Gasteiger partial charge in [0.25, 0.3) is 0 Å². The molecule has 160 valence electrons. The highest BCUT2D eigenvalue weighted by Gasteiger charge is 2.36. The molecule has 29 heavy (non-hydrogen) atoms. The lowest BCUT2D eigenvalue weighted by Crippen LogP contribution is -2.59. The van der Waals surface area contributed by atoms with Crippen molar-refractivity contribution in [3.05, 3.63) is 22.3 Å². The molecule has 7 nitrogen and oxygen atoms in total. The lowest BCUT2D eigenvalue weighted by Gasteiger charge is -2.45. The van der Waals surface area contributed by atoms with Gasteiger partial charge in [0.2, 0.25) is 5.28 Å². The van der Waals surface area contributed by atoms with Crippen LogP contribution in [0.4, 0.5) is 10.6 Å². The van der Waals surface area contributed by atoms with E-state index in [1.807, 2.05) is 40.7 Å². The number of anilines is 1. The zero-order valence-electron chi connectivity index (χ0n) is 18.2. The third-order valence-electron chi connectivity index (χ3n) is 5.12. The minimum atomic E-state index is -0.513. The lowest BCUT2D eigenvalue weighted by atomic mass is 9.99. The minimum absolute atomic E-state index is 0.0106. The van der Waals surface area contributed by atoms with Crippen LogP contribution in [0.3, 0.4) is 0 Å². The second kappa shape index (κ2) is 8.38. The zero-order chi connectivity index (χ0) is 21.3. The first kappa shape index (κ1) is 21.7. The van der Waals surface area contributed by atoms with Crippen molar-refractivity contribution in [2.24, 2.45) is 0 Å². The Balaban J connectivity index is 1.85. The zero-order valence-corrected chi connectivity index (χ0v) is 18.9. The number of piperazine rings is 1. The number of allylic oxidation sites excluding steroid dienone is 1. The van der Waals surface area contributed by atoms with Crippen LogP contribution in [0.15, 0.2) is 5.76 Å². The van der Waals surface area contributed by atoms with Crippen LogP contribution in [0, 0.1) is 0 Å². The van der Waals surface area contributed by atoms with Gasteiger partial charge in [-0.25, -0.2) is 14.8 Å². The van der Waals surface area contributed by atoms with Crippen molar-refractivity contribution in [3.63, 3.8) is 0 Å². The fourth-order valence-corrected chi connectivity index (χ4v) is 4.00. The number of hydrogen-bond acceptors (Lipinski definition) is 6. The van der Waals surface area contributed by atoms with Gasteiger partial charge in [-0.1, -0.05) is 0 Å². The van der Waals surface area contributed by atoms with Crippen LogP contribution < -0.4 is 4.90 Å². The summed E-state index contributed by atoms with van der Waals surface area (Å²) in [5.41, 5.74) is 1.40. The molecule has 1 aliphatic heterocycles. The molecule has 1 aliphatic carbocycles. The molecule has 3 rings (SSSR count). The number of nitrogens with zero attached hydrogens (tertiary/aromatic N) is 4. The Labute approximate surface area is 178 Å². The first-order valence-electron chi connectivity index (χ1n) is 10.2. The second-order valence-electron chi connectivity index (χ2n) is 8.71. The predicted molar refractivity (Wildman–Crippen MR) is 114 cm³/mol. The number of carbonyl (C=O) groups excluding carboxylic acids is 1. The Morgan fingerprint density at radius 3 is 2.59 bits per heavy atom. The van der Waals surface area contributed by atoms with Gasteiger partial charge < -0.3 is 19.3 Å². The number of halogens is 1. The van der Waals surface area contributed by atoms with E-state index in [0.717, 1.165) is 35.7 Å². The lowest BCUT2D eigenvalue weighted by molar-refractivity contribution is 0.0129. The van der Waals surface area contributed by atoms with Gasteiger partial charge in [-0.3, -0.25) is 0 Å². The molecule has 0 radical (unpaired) electrons. The number of amides is 1. The Kier molecular flexibility index (Phi) is 6.27. The van der Waals surface area contributed by atoms with Crippen LogP contribution in [-0.2, 0) is 15.9 Å². The predicted octanol–water partition coefficient (Wildman–Crippen LogP) is 4.29. The molecule has 1 saturated heterocycles. The molecule has 2 atom stereocenters. The van der Waals surface area contributed by atoms with Gasteiger partial charge in [0.15, 0.2) is 0 Å². The average molecular weight is 423 g/mol. The van der Waals surface area contributed by atoms with Crippen molar-refractivity contribution < 1.29 is 14.3 Å². The number of fused-ring (bicyclic) bond motifs is 1. The van der Waals surface area contributed by atoms with E-state index < -0.39 is 5.60 Å². The van der Waals surface area contributed by atoms with Gasteiger partial charge in [0.1, 0.15) is 11.4 Å². The molecule has 0 bridgehead atoms. The highest BCUT2D eigenvalue weighted by Crippen LogP contribution is 2.33. The number of carbonyl (C=O) groups is 1. The summed E-state index contributed by atoms with van der Waals surface area (Å²) in [4.78, 5) is 25.6. The van der Waals surface area contributed by atoms with Crippen LogP contribution in [-0.4, -0.2) is 58.3 Å². The fraction of sp³-hybridized carbons (Fsp3) is 0.667. The van der Waals surface area contributed by atoms with Gasteiger partial charge in [-0.05, 0) is 59.6 Å². The molecule has 0 unspecified atom stereocenters. The summed E-state index contributed by atoms with van der Waals surface area (Å²) in [6.07, 6.45) is 3.31. The normalized spacial score (nSPS) is 22.1. The molecule has 2 aliphatic rings. The molecular weight excluding hydrogens is 392 g/mol. The van der Waals surface area contributed by atoms with E-state index >= 15 is 0 Å². The van der Waals surface area contributed by atoms with E-state index in [4.69, 9.17) is 21.1 Å². The van der Waals surface area contributed by atoms with Crippen molar-refractivity contribution in [1.82, 2.24) is 14.9 Å². The third-order valence-corrected chi connectivity index (χ3v) is 5.29. The molecule has 2 heterocycles. The smallest absolute Gasteiger partial charge is 0.410 e. The maximum Gasteiger partial charge on any atom is 0.410 e. The Morgan fingerprint density at radius 2 is 1.93 bits per heavy atom. The quantitative estimate of drug-likeness (QED) is 0.677. The Hall–Kier alpha value is -2.02. The van der Waals surface area contributed by atoms with Gasteiger partial charge in [0, 0.05) is 43.2 Å². The molecule has 1 aromatic rings. The SMILES string of the molecule is CCOC1=Cc2nc(Cl)nc(N3C[C@@H](C)N(C(=O)OC(C)(C)C)C[C@@H]3C)c2CC1. The molecule has 0 N–H and O–H groups in total. The summed E-state index contributed by atoms with van der Waals surface area (Å²) in [5, 5.41) is 0.224. The van der Waals surface area contributed by atoms with Crippen molar-refractivity contribution >= 4 is 29.6 Å². The van der Waals surface area contributed by atoms with Crippen molar-refractivity contribution in [2.75, 3.05) is 24.6 Å². The van der Waals surface area contributed by atoms with Gasteiger partial charge in [-0.2, -0.15) is 0 Å². The highest BCUT2D eigenvalue weighted by atomic mass is 35.5. The van der Waals surface area contributed by atoms with Gasteiger partial charge >= 0.3 is 6.09 Å². The van der Waals surface area contributed by atoms with Crippen LogP contribution in [0.25, 0.3) is 6.08 Å². The number of aromatic nitrogens is 2. The molecule has 1 fully saturated rings. The van der Waals surface area contributed by atoms with Crippen LogP contribution in [0.5, 0.6) is 0 Å². The molecule has 8 heteroatoms. The first-order valence-corrected chi connectivity index (χ1v) is 10.6. The summed E-state index contributed by atoms with van der Waals surface area (Å²) < 4.78 is 11.3. The minimum Gasteiger partial charge on any atom is -0.498 e. The second-order valence-corrected chi connectivity index (χ2v) is 9.04. The summed E-state index contributed by atoms with van der Waals surface area (Å²) in [6.45, 7) is 13.6. The van der Waals surface area contributed by atoms with E-state index in [1.165, 1.54) is 0 Å². The molecular formula is C21H31ClN4O3. The van der Waals surface area contributed by atoms with E-state index in [0.29, 0.717) is 19.7 Å². The first-order chi connectivity index (χ1) is 13.6. The molecule has 1 aromatic heterocycles. The summed E-state index contributed by atoms with van der Waals surface area (Å²) in [7, 11) is 0. The molecule has 0 saturated carbocycles. The maximum absolute atomic E-state index is 12.6. The average Bonchev–Trinajstić information content (AvgIpc) is 2.61. The van der Waals surface area contributed by atoms with E-state index in [-0.39, 0.29) is 23.5 Å². The third kappa shape index (κ3) is 4.94. The van der Waals surface area contributed by atoms with Crippen molar-refractivity contribution in [3.8, 4) is 0 Å². The number of ether oxygens (including phenoxy) is 2. The van der Waals surface area contributed by atoms with Crippen molar-refractivity contribution in [1.29, 1.82) is 0 Å². The summed E-state index contributed by atoms with van der Waals surface area (Å²) >= 11 is 6.26. The fourth-order valence-electron chi connectivity index (χ4n) is 3.83. The topological polar surface area (TPSA) is 67.8 Å². The van der Waals surface area contributed by atoms with Gasteiger partial charge in [-0.15, -0.1) is 0 Å². The summed E-state index contributed by atoms with van der Waals surface area (Å²) in [5.74, 6) is 1.78. The molecule has 0 spiro atoms. The maximum atomic E-state index is 12.6. The van der Waals surface area contributed by atoms with E-state index in [1.54, 1.807) is 4.90 Å². The Bertz CT molecular complexity index is 806. The highest BCUT2D eigenvalue weighted by molar-refractivity contribution is 6.28. The summed E-state index contributed by atoms with van der Waals surface area (Å²) in [6, 6.07) is 0.0645. The monoisotopic (exact) mass is 422 g/mol. The van der Waals surface area contributed by atoms with E-state index in [2.05, 4.69) is 21.8 Å². The van der Waals surface area contributed by atoms with E-state index in [9.17, 15) is 4.79 Å². The Morgan fingerprint density at radius 1 is 1.21 bits per heavy atom. The largest absolute Gasteiger partial charge is 0.498 e. The number of hydrogen-bond donors (Lipinski definition) is 0. The van der Waals surface area contributed by atoms with Crippen LogP contribution in [0.1, 0.15) is 59.2 Å². The standard InChI is InChI=1S/C21H31ClN4O3/c1-7-28-15-8-9-16-17(10-15)23-19(22)24-18(16)25-11-14(3)26(12-13(25)2)20(27)29-21(4,5)6/h10,13-14H,7-9,11-12H2,1-6H3/t13-,14+/m0/s1. The number of rotatable bonds is 3. The van der Waals surface area contributed by atoms with Crippen molar-refractivity contribution in [2.45, 2.75) is 72.1 Å².